The monoisotopic (exact) mass is 300 g/mol. The van der Waals surface area contributed by atoms with Crippen LogP contribution < -0.4 is 0 Å². The van der Waals surface area contributed by atoms with Gasteiger partial charge in [-0.05, 0) is 32.9 Å². The third-order valence-corrected chi connectivity index (χ3v) is 3.72. The number of hydrogen-bond donors (Lipinski definition) is 0. The van der Waals surface area contributed by atoms with Crippen molar-refractivity contribution in [2.45, 2.75) is 26.4 Å². The quantitative estimate of drug-likeness (QED) is 0.849. The first-order chi connectivity index (χ1) is 10.4. The number of rotatable bonds is 2. The van der Waals surface area contributed by atoms with Gasteiger partial charge < -0.3 is 9.64 Å². The summed E-state index contributed by atoms with van der Waals surface area (Å²) in [6.07, 6.45) is 1.68. The predicted octanol–water partition coefficient (Wildman–Crippen LogP) is 1.83. The lowest BCUT2D eigenvalue weighted by Gasteiger charge is -2.37. The number of nitrogens with zero attached hydrogens (tertiary/aromatic N) is 4. The van der Waals surface area contributed by atoms with Gasteiger partial charge in [0, 0.05) is 13.1 Å². The molecule has 0 unspecified atom stereocenters. The van der Waals surface area contributed by atoms with Gasteiger partial charge in [0.1, 0.15) is 0 Å². The fourth-order valence-corrected chi connectivity index (χ4v) is 2.54. The van der Waals surface area contributed by atoms with Crippen molar-refractivity contribution in [3.8, 4) is 5.69 Å². The molecule has 116 valence electrons. The summed E-state index contributed by atoms with van der Waals surface area (Å²) >= 11 is 0. The number of carbonyl (C=O) groups is 1. The van der Waals surface area contributed by atoms with Crippen molar-refractivity contribution in [1.82, 2.24) is 19.9 Å². The second kappa shape index (κ2) is 5.53. The fourth-order valence-electron chi connectivity index (χ4n) is 2.54. The van der Waals surface area contributed by atoms with E-state index in [2.05, 4.69) is 10.3 Å². The third-order valence-electron chi connectivity index (χ3n) is 3.72. The maximum atomic E-state index is 12.5. The van der Waals surface area contributed by atoms with Crippen LogP contribution in [0.4, 0.5) is 0 Å². The minimum Gasteiger partial charge on any atom is -0.372 e. The highest BCUT2D eigenvalue weighted by molar-refractivity contribution is 5.92. The molecule has 0 spiro atoms. The van der Waals surface area contributed by atoms with Gasteiger partial charge >= 0.3 is 0 Å². The Bertz CT molecular complexity index is 676. The van der Waals surface area contributed by atoms with Crippen molar-refractivity contribution < 1.29 is 9.53 Å². The lowest BCUT2D eigenvalue weighted by Crippen LogP contribution is -2.50. The number of aromatic nitrogens is 3. The zero-order chi connectivity index (χ0) is 15.7. The highest BCUT2D eigenvalue weighted by Gasteiger charge is 2.31. The minimum absolute atomic E-state index is 0.102. The van der Waals surface area contributed by atoms with E-state index in [1.807, 2.05) is 45.0 Å². The number of aryl methyl sites for hydroxylation is 1. The average molecular weight is 300 g/mol. The minimum atomic E-state index is -0.319. The molecule has 0 atom stereocenters. The summed E-state index contributed by atoms with van der Waals surface area (Å²) in [5.74, 6) is -0.102. The third kappa shape index (κ3) is 3.01. The Morgan fingerprint density at radius 3 is 2.68 bits per heavy atom. The molecule has 1 aliphatic heterocycles. The van der Waals surface area contributed by atoms with E-state index in [0.29, 0.717) is 25.4 Å². The zero-order valence-electron chi connectivity index (χ0n) is 13.1. The molecule has 6 nitrogen and oxygen atoms in total. The van der Waals surface area contributed by atoms with Gasteiger partial charge in [-0.3, -0.25) is 4.79 Å². The molecule has 1 aliphatic rings. The van der Waals surface area contributed by atoms with Crippen LogP contribution in [-0.4, -0.2) is 51.1 Å². The van der Waals surface area contributed by atoms with Crippen molar-refractivity contribution in [2.75, 3.05) is 19.7 Å². The van der Waals surface area contributed by atoms with E-state index in [1.54, 1.807) is 15.8 Å². The van der Waals surface area contributed by atoms with E-state index in [1.165, 1.54) is 5.56 Å². The average Bonchev–Trinajstić information content (AvgIpc) is 2.96. The molecule has 2 heterocycles. The Labute approximate surface area is 129 Å². The number of ether oxygens (including phenoxy) is 1. The van der Waals surface area contributed by atoms with Gasteiger partial charge in [-0.1, -0.05) is 22.9 Å². The number of morpholine rings is 1. The lowest BCUT2D eigenvalue weighted by molar-refractivity contribution is -0.0765. The maximum absolute atomic E-state index is 12.5. The van der Waals surface area contributed by atoms with Crippen LogP contribution in [0.15, 0.2) is 30.5 Å². The molecule has 0 N–H and O–H groups in total. The van der Waals surface area contributed by atoms with Gasteiger partial charge in [0.25, 0.3) is 5.91 Å². The smallest absolute Gasteiger partial charge is 0.276 e. The van der Waals surface area contributed by atoms with Gasteiger partial charge in [-0.25, -0.2) is 4.68 Å². The van der Waals surface area contributed by atoms with Crippen LogP contribution in [0, 0.1) is 6.92 Å². The van der Waals surface area contributed by atoms with E-state index >= 15 is 0 Å². The van der Waals surface area contributed by atoms with Crippen LogP contribution in [0.1, 0.15) is 29.9 Å². The Morgan fingerprint density at radius 2 is 2.00 bits per heavy atom. The number of carbonyl (C=O) groups excluding carboxylic acids is 1. The molecule has 22 heavy (non-hydrogen) atoms. The van der Waals surface area contributed by atoms with Crippen molar-refractivity contribution in [3.63, 3.8) is 0 Å². The van der Waals surface area contributed by atoms with Crippen molar-refractivity contribution in [3.05, 3.63) is 41.7 Å². The molecule has 0 aliphatic carbocycles. The van der Waals surface area contributed by atoms with E-state index in [4.69, 9.17) is 4.74 Å². The Balaban J connectivity index is 1.78. The van der Waals surface area contributed by atoms with Gasteiger partial charge in [0.05, 0.1) is 24.1 Å². The molecule has 1 aromatic heterocycles. The molecular formula is C16H20N4O2. The van der Waals surface area contributed by atoms with Crippen LogP contribution in [0.2, 0.25) is 0 Å². The number of amides is 1. The Kier molecular flexibility index (Phi) is 3.70. The van der Waals surface area contributed by atoms with Gasteiger partial charge in [0.15, 0.2) is 5.69 Å². The summed E-state index contributed by atoms with van der Waals surface area (Å²) in [6.45, 7) is 7.68. The van der Waals surface area contributed by atoms with Crippen molar-refractivity contribution in [1.29, 1.82) is 0 Å². The largest absolute Gasteiger partial charge is 0.372 e. The van der Waals surface area contributed by atoms with E-state index in [-0.39, 0.29) is 11.5 Å². The van der Waals surface area contributed by atoms with Gasteiger partial charge in [0.2, 0.25) is 0 Å². The first-order valence-electron chi connectivity index (χ1n) is 7.37. The molecule has 0 saturated carbocycles. The molecule has 3 rings (SSSR count). The SMILES string of the molecule is Cc1ccc(-n2cc(C(=O)N3CCOC(C)(C)C3)nn2)cc1. The van der Waals surface area contributed by atoms with E-state index in [9.17, 15) is 4.79 Å². The summed E-state index contributed by atoms with van der Waals surface area (Å²) in [6, 6.07) is 7.91. The molecule has 1 amide bonds. The summed E-state index contributed by atoms with van der Waals surface area (Å²) in [5, 5.41) is 8.08. The van der Waals surface area contributed by atoms with E-state index in [0.717, 1.165) is 5.69 Å². The summed E-state index contributed by atoms with van der Waals surface area (Å²) in [4.78, 5) is 14.3. The highest BCUT2D eigenvalue weighted by Crippen LogP contribution is 2.18. The van der Waals surface area contributed by atoms with Gasteiger partial charge in [-0.2, -0.15) is 0 Å². The summed E-state index contributed by atoms with van der Waals surface area (Å²) < 4.78 is 7.26. The molecule has 0 bridgehead atoms. The number of benzene rings is 1. The summed E-state index contributed by atoms with van der Waals surface area (Å²) in [5.41, 5.74) is 2.11. The van der Waals surface area contributed by atoms with Crippen molar-refractivity contribution >= 4 is 5.91 Å². The van der Waals surface area contributed by atoms with Crippen molar-refractivity contribution in [2.24, 2.45) is 0 Å². The van der Waals surface area contributed by atoms with Crippen LogP contribution in [0.3, 0.4) is 0 Å². The first kappa shape index (κ1) is 14.7. The number of hydrogen-bond acceptors (Lipinski definition) is 4. The van der Waals surface area contributed by atoms with E-state index < -0.39 is 0 Å². The predicted molar refractivity (Wildman–Crippen MR) is 82.0 cm³/mol. The topological polar surface area (TPSA) is 60.2 Å². The second-order valence-electron chi connectivity index (χ2n) is 6.22. The Morgan fingerprint density at radius 1 is 1.27 bits per heavy atom. The first-order valence-corrected chi connectivity index (χ1v) is 7.37. The Hall–Kier alpha value is -2.21. The molecule has 1 saturated heterocycles. The van der Waals surface area contributed by atoms with Crippen LogP contribution in [-0.2, 0) is 4.74 Å². The second-order valence-corrected chi connectivity index (χ2v) is 6.22. The zero-order valence-corrected chi connectivity index (χ0v) is 13.1. The van der Waals surface area contributed by atoms with Gasteiger partial charge in [-0.15, -0.1) is 5.10 Å². The lowest BCUT2D eigenvalue weighted by atomic mass is 10.1. The van der Waals surface area contributed by atoms with Crippen LogP contribution in [0.25, 0.3) is 5.69 Å². The molecule has 1 aromatic carbocycles. The maximum Gasteiger partial charge on any atom is 0.276 e. The normalized spacial score (nSPS) is 17.5. The molecule has 2 aromatic rings. The molecule has 6 heteroatoms. The molecule has 0 radical (unpaired) electrons. The summed E-state index contributed by atoms with van der Waals surface area (Å²) in [7, 11) is 0. The molecular weight excluding hydrogens is 280 g/mol. The van der Waals surface area contributed by atoms with Crippen LogP contribution >= 0.6 is 0 Å². The van der Waals surface area contributed by atoms with Crippen LogP contribution in [0.5, 0.6) is 0 Å². The fraction of sp³-hybridized carbons (Fsp3) is 0.438. The standard InChI is InChI=1S/C16H20N4O2/c1-12-4-6-13(7-5-12)20-10-14(17-18-20)15(21)19-8-9-22-16(2,3)11-19/h4-7,10H,8-9,11H2,1-3H3. The highest BCUT2D eigenvalue weighted by atomic mass is 16.5. The molecule has 1 fully saturated rings.